The van der Waals surface area contributed by atoms with Crippen LogP contribution in [0.15, 0.2) is 48.7 Å². The molecule has 0 spiro atoms. The first kappa shape index (κ1) is 15.9. The van der Waals surface area contributed by atoms with Crippen molar-refractivity contribution in [3.8, 4) is 17.6 Å². The molecule has 0 unspecified atom stereocenters. The molecule has 5 heteroatoms. The summed E-state index contributed by atoms with van der Waals surface area (Å²) in [7, 11) is 1.64. The Balaban J connectivity index is 1.58. The highest BCUT2D eigenvalue weighted by atomic mass is 16.5. The molecular weight excluding hydrogens is 302 g/mol. The van der Waals surface area contributed by atoms with Crippen molar-refractivity contribution in [3.05, 3.63) is 54.2 Å². The molecule has 0 saturated carbocycles. The summed E-state index contributed by atoms with van der Waals surface area (Å²) in [6.45, 7) is 2.75. The Kier molecular flexibility index (Phi) is 4.97. The Morgan fingerprint density at radius 2 is 1.88 bits per heavy atom. The molecule has 0 radical (unpaired) electrons. The predicted octanol–water partition coefficient (Wildman–Crippen LogP) is 1.79. The summed E-state index contributed by atoms with van der Waals surface area (Å²) < 4.78 is 5.23. The number of anilines is 1. The minimum Gasteiger partial charge on any atom is -0.497 e. The molecule has 2 heterocycles. The standard InChI is InChI=1S/C19H19N3O2/c1-24-17-9-10-20-18(15-17)21-11-13-22(14-12-21)19(23)8-7-16-5-3-2-4-6-16/h2-6,9-10,15H,11-14H2,1H3. The van der Waals surface area contributed by atoms with Crippen molar-refractivity contribution >= 4 is 11.7 Å². The second-order valence-electron chi connectivity index (χ2n) is 5.45. The number of hydrogen-bond donors (Lipinski definition) is 0. The third-order valence-corrected chi connectivity index (χ3v) is 3.93. The first-order valence-corrected chi connectivity index (χ1v) is 7.87. The zero-order valence-corrected chi connectivity index (χ0v) is 13.6. The molecule has 0 bridgehead atoms. The van der Waals surface area contributed by atoms with Crippen molar-refractivity contribution in [2.45, 2.75) is 0 Å². The van der Waals surface area contributed by atoms with Crippen LogP contribution in [0.2, 0.25) is 0 Å². The number of carbonyl (C=O) groups is 1. The molecule has 1 amide bonds. The van der Waals surface area contributed by atoms with Crippen molar-refractivity contribution < 1.29 is 9.53 Å². The Morgan fingerprint density at radius 1 is 1.12 bits per heavy atom. The summed E-state index contributed by atoms with van der Waals surface area (Å²) in [5.74, 6) is 7.17. The van der Waals surface area contributed by atoms with Gasteiger partial charge in [-0.15, -0.1) is 0 Å². The molecule has 1 aliphatic heterocycles. The second kappa shape index (κ2) is 7.51. The number of aromatic nitrogens is 1. The van der Waals surface area contributed by atoms with Gasteiger partial charge in [0.25, 0.3) is 5.91 Å². The molecular formula is C19H19N3O2. The number of hydrogen-bond acceptors (Lipinski definition) is 4. The third kappa shape index (κ3) is 3.85. The topological polar surface area (TPSA) is 45.7 Å². The maximum Gasteiger partial charge on any atom is 0.298 e. The number of carbonyl (C=O) groups excluding carboxylic acids is 1. The summed E-state index contributed by atoms with van der Waals surface area (Å²) in [5.41, 5.74) is 0.852. The normalized spacial score (nSPS) is 13.9. The smallest absolute Gasteiger partial charge is 0.298 e. The fourth-order valence-corrected chi connectivity index (χ4v) is 2.56. The van der Waals surface area contributed by atoms with Gasteiger partial charge in [-0.25, -0.2) is 4.98 Å². The van der Waals surface area contributed by atoms with Crippen LogP contribution < -0.4 is 9.64 Å². The molecule has 5 nitrogen and oxygen atoms in total. The monoisotopic (exact) mass is 321 g/mol. The van der Waals surface area contributed by atoms with Crippen LogP contribution in [0.5, 0.6) is 5.75 Å². The van der Waals surface area contributed by atoms with Gasteiger partial charge in [0.05, 0.1) is 7.11 Å². The van der Waals surface area contributed by atoms with Crippen molar-refractivity contribution in [3.63, 3.8) is 0 Å². The highest BCUT2D eigenvalue weighted by Crippen LogP contribution is 2.19. The molecule has 1 saturated heterocycles. The summed E-state index contributed by atoms with van der Waals surface area (Å²) >= 11 is 0. The predicted molar refractivity (Wildman–Crippen MR) is 92.9 cm³/mol. The molecule has 24 heavy (non-hydrogen) atoms. The molecule has 1 aromatic carbocycles. The number of ether oxygens (including phenoxy) is 1. The molecule has 0 aliphatic carbocycles. The van der Waals surface area contributed by atoms with Gasteiger partial charge in [0.1, 0.15) is 11.6 Å². The Hall–Kier alpha value is -3.00. The van der Waals surface area contributed by atoms with Crippen LogP contribution in [0.3, 0.4) is 0 Å². The van der Waals surface area contributed by atoms with Gasteiger partial charge >= 0.3 is 0 Å². The third-order valence-electron chi connectivity index (χ3n) is 3.93. The van der Waals surface area contributed by atoms with E-state index in [1.807, 2.05) is 42.5 Å². The minimum atomic E-state index is -0.128. The van der Waals surface area contributed by atoms with Gasteiger partial charge in [-0.1, -0.05) is 24.1 Å². The fraction of sp³-hybridized carbons (Fsp3) is 0.263. The highest BCUT2D eigenvalue weighted by Gasteiger charge is 2.21. The average Bonchev–Trinajstić information content (AvgIpc) is 2.67. The van der Waals surface area contributed by atoms with Gasteiger partial charge in [-0.2, -0.15) is 0 Å². The molecule has 2 aromatic rings. The van der Waals surface area contributed by atoms with E-state index < -0.39 is 0 Å². The molecule has 3 rings (SSSR count). The average molecular weight is 321 g/mol. The number of pyridine rings is 1. The van der Waals surface area contributed by atoms with Gasteiger partial charge in [0.15, 0.2) is 0 Å². The Bertz CT molecular complexity index is 757. The van der Waals surface area contributed by atoms with E-state index in [4.69, 9.17) is 4.74 Å². The summed E-state index contributed by atoms with van der Waals surface area (Å²) in [5, 5.41) is 0. The van der Waals surface area contributed by atoms with E-state index in [0.29, 0.717) is 13.1 Å². The van der Waals surface area contributed by atoms with Crippen LogP contribution in [-0.4, -0.2) is 49.1 Å². The van der Waals surface area contributed by atoms with Crippen LogP contribution in [0, 0.1) is 11.8 Å². The molecule has 1 aromatic heterocycles. The second-order valence-corrected chi connectivity index (χ2v) is 5.45. The molecule has 1 fully saturated rings. The quantitative estimate of drug-likeness (QED) is 0.791. The number of piperazine rings is 1. The maximum atomic E-state index is 12.2. The van der Waals surface area contributed by atoms with E-state index in [1.54, 1.807) is 18.2 Å². The first-order valence-electron chi connectivity index (χ1n) is 7.87. The van der Waals surface area contributed by atoms with E-state index in [0.717, 1.165) is 30.2 Å². The molecule has 1 aliphatic rings. The minimum absolute atomic E-state index is 0.128. The summed E-state index contributed by atoms with van der Waals surface area (Å²) in [6, 6.07) is 13.3. The first-order chi connectivity index (χ1) is 11.8. The lowest BCUT2D eigenvalue weighted by Gasteiger charge is -2.34. The number of benzene rings is 1. The van der Waals surface area contributed by atoms with E-state index in [2.05, 4.69) is 21.7 Å². The van der Waals surface area contributed by atoms with Gasteiger partial charge < -0.3 is 14.5 Å². The van der Waals surface area contributed by atoms with Gasteiger partial charge in [-0.05, 0) is 18.2 Å². The van der Waals surface area contributed by atoms with Crippen LogP contribution in [0.1, 0.15) is 5.56 Å². The maximum absolute atomic E-state index is 12.2. The van der Waals surface area contributed by atoms with E-state index in [9.17, 15) is 4.79 Å². The fourth-order valence-electron chi connectivity index (χ4n) is 2.56. The van der Waals surface area contributed by atoms with Gasteiger partial charge in [0.2, 0.25) is 0 Å². The zero-order valence-electron chi connectivity index (χ0n) is 13.6. The lowest BCUT2D eigenvalue weighted by Crippen LogP contribution is -2.48. The number of methoxy groups -OCH3 is 1. The van der Waals surface area contributed by atoms with E-state index in [-0.39, 0.29) is 5.91 Å². The van der Waals surface area contributed by atoms with Gasteiger partial charge in [-0.3, -0.25) is 4.79 Å². The van der Waals surface area contributed by atoms with E-state index in [1.165, 1.54) is 0 Å². The Morgan fingerprint density at radius 3 is 2.58 bits per heavy atom. The SMILES string of the molecule is COc1ccnc(N2CCN(C(=O)C#Cc3ccccc3)CC2)c1. The lowest BCUT2D eigenvalue weighted by atomic mass is 10.2. The highest BCUT2D eigenvalue weighted by molar-refractivity contribution is 5.94. The number of rotatable bonds is 2. The lowest BCUT2D eigenvalue weighted by molar-refractivity contribution is -0.125. The molecule has 0 atom stereocenters. The van der Waals surface area contributed by atoms with Crippen LogP contribution in [-0.2, 0) is 4.79 Å². The van der Waals surface area contributed by atoms with Gasteiger partial charge in [0, 0.05) is 49.9 Å². The van der Waals surface area contributed by atoms with E-state index >= 15 is 0 Å². The molecule has 0 N–H and O–H groups in total. The van der Waals surface area contributed by atoms with Crippen LogP contribution >= 0.6 is 0 Å². The van der Waals surface area contributed by atoms with Crippen molar-refractivity contribution in [2.75, 3.05) is 38.2 Å². The van der Waals surface area contributed by atoms with Crippen molar-refractivity contribution in [1.82, 2.24) is 9.88 Å². The number of nitrogens with zero attached hydrogens (tertiary/aromatic N) is 3. The van der Waals surface area contributed by atoms with Crippen molar-refractivity contribution in [2.24, 2.45) is 0 Å². The largest absolute Gasteiger partial charge is 0.497 e. The number of amides is 1. The summed E-state index contributed by atoms with van der Waals surface area (Å²) in [4.78, 5) is 20.5. The Labute approximate surface area is 141 Å². The van der Waals surface area contributed by atoms with Crippen LogP contribution in [0.4, 0.5) is 5.82 Å². The van der Waals surface area contributed by atoms with Crippen molar-refractivity contribution in [1.29, 1.82) is 0 Å². The van der Waals surface area contributed by atoms with Crippen LogP contribution in [0.25, 0.3) is 0 Å². The zero-order chi connectivity index (χ0) is 16.8. The summed E-state index contributed by atoms with van der Waals surface area (Å²) in [6.07, 6.45) is 1.73. The molecule has 122 valence electrons.